The van der Waals surface area contributed by atoms with E-state index in [4.69, 9.17) is 14.2 Å². The zero-order valence-electron chi connectivity index (χ0n) is 34.6. The van der Waals surface area contributed by atoms with E-state index < -0.39 is 6.10 Å². The molecule has 0 fully saturated rings. The number of rotatable bonds is 40. The Hall–Kier alpha value is -2.11. The number of unbranched alkanes of at least 4 members (excludes halogenated alkanes) is 25. The fourth-order valence-corrected chi connectivity index (χ4v) is 6.30. The molecule has 0 rings (SSSR count). The topological polar surface area (TPSA) is 78.9 Å². The first-order chi connectivity index (χ1) is 25.5. The van der Waals surface area contributed by atoms with Gasteiger partial charge in [0.05, 0.1) is 0 Å². The number of carbonyl (C=O) groups is 3. The molecule has 0 saturated heterocycles. The van der Waals surface area contributed by atoms with Gasteiger partial charge < -0.3 is 14.2 Å². The molecule has 304 valence electrons. The zero-order chi connectivity index (χ0) is 38.0. The molecule has 0 heterocycles. The van der Waals surface area contributed by atoms with E-state index in [1.807, 2.05) is 0 Å². The summed E-state index contributed by atoms with van der Waals surface area (Å²) < 4.78 is 16.7. The van der Waals surface area contributed by atoms with Crippen LogP contribution in [0.25, 0.3) is 0 Å². The molecule has 0 radical (unpaired) electrons. The number of hydrogen-bond acceptors (Lipinski definition) is 6. The molecule has 6 nitrogen and oxygen atoms in total. The van der Waals surface area contributed by atoms with Gasteiger partial charge in [0, 0.05) is 19.3 Å². The van der Waals surface area contributed by atoms with Gasteiger partial charge in [-0.2, -0.15) is 0 Å². The molecule has 0 aromatic carbocycles. The van der Waals surface area contributed by atoms with Crippen LogP contribution in [0.2, 0.25) is 0 Å². The average molecular weight is 733 g/mol. The lowest BCUT2D eigenvalue weighted by Gasteiger charge is -2.18. The van der Waals surface area contributed by atoms with E-state index >= 15 is 0 Å². The molecule has 0 spiro atoms. The first kappa shape index (κ1) is 49.9. The Labute approximate surface area is 322 Å². The van der Waals surface area contributed by atoms with Gasteiger partial charge in [-0.15, -0.1) is 0 Å². The second-order valence-electron chi connectivity index (χ2n) is 15.0. The lowest BCUT2D eigenvalue weighted by atomic mass is 10.0. The largest absolute Gasteiger partial charge is 0.462 e. The van der Waals surface area contributed by atoms with Crippen LogP contribution in [0, 0.1) is 0 Å². The third-order valence-corrected chi connectivity index (χ3v) is 9.69. The lowest BCUT2D eigenvalue weighted by Crippen LogP contribution is -2.30. The molecule has 0 aromatic rings. The van der Waals surface area contributed by atoms with Gasteiger partial charge in [-0.1, -0.05) is 193 Å². The summed E-state index contributed by atoms with van der Waals surface area (Å²) in [6, 6.07) is 0. The van der Waals surface area contributed by atoms with Crippen molar-refractivity contribution in [3.05, 3.63) is 24.3 Å². The van der Waals surface area contributed by atoms with Crippen molar-refractivity contribution in [1.29, 1.82) is 0 Å². The van der Waals surface area contributed by atoms with Crippen LogP contribution in [0.3, 0.4) is 0 Å². The summed E-state index contributed by atoms with van der Waals surface area (Å²) >= 11 is 0. The van der Waals surface area contributed by atoms with Crippen LogP contribution < -0.4 is 0 Å². The molecule has 1 unspecified atom stereocenters. The molecule has 0 bridgehead atoms. The number of allylic oxidation sites excluding steroid dienone is 4. The highest BCUT2D eigenvalue weighted by atomic mass is 16.6. The van der Waals surface area contributed by atoms with Crippen LogP contribution in [0.5, 0.6) is 0 Å². The molecule has 0 amide bonds. The van der Waals surface area contributed by atoms with Crippen LogP contribution >= 0.6 is 0 Å². The summed E-state index contributed by atoms with van der Waals surface area (Å²) in [5, 5.41) is 0. The number of esters is 3. The highest BCUT2D eigenvalue weighted by Gasteiger charge is 2.19. The summed E-state index contributed by atoms with van der Waals surface area (Å²) in [5.74, 6) is -0.887. The Bertz CT molecular complexity index is 850. The van der Waals surface area contributed by atoms with E-state index in [9.17, 15) is 14.4 Å². The quantitative estimate of drug-likeness (QED) is 0.0270. The van der Waals surface area contributed by atoms with Crippen LogP contribution in [-0.4, -0.2) is 37.2 Å². The highest BCUT2D eigenvalue weighted by molar-refractivity contribution is 5.71. The maximum atomic E-state index is 12.7. The highest BCUT2D eigenvalue weighted by Crippen LogP contribution is 2.15. The summed E-state index contributed by atoms with van der Waals surface area (Å²) in [4.78, 5) is 37.6. The fraction of sp³-hybridized carbons (Fsp3) is 0.848. The fourth-order valence-electron chi connectivity index (χ4n) is 6.30. The van der Waals surface area contributed by atoms with Gasteiger partial charge in [-0.05, 0) is 44.9 Å². The minimum Gasteiger partial charge on any atom is -0.462 e. The van der Waals surface area contributed by atoms with Crippen molar-refractivity contribution in [1.82, 2.24) is 0 Å². The Kier molecular flexibility index (Phi) is 40.0. The summed E-state index contributed by atoms with van der Waals surface area (Å²) in [6.07, 6.45) is 44.4. The molecule has 0 aliphatic carbocycles. The van der Waals surface area contributed by atoms with Gasteiger partial charge in [0.15, 0.2) is 6.10 Å². The summed E-state index contributed by atoms with van der Waals surface area (Å²) in [6.45, 7) is 6.53. The molecular weight excluding hydrogens is 648 g/mol. The monoisotopic (exact) mass is 733 g/mol. The van der Waals surface area contributed by atoms with Crippen molar-refractivity contribution < 1.29 is 28.6 Å². The standard InChI is InChI=1S/C46H84O6/c1-4-7-10-13-16-19-21-23-25-27-30-33-36-39-45(48)51-42-43(41-50-44(47)38-35-32-29-18-15-12-9-6-3)52-46(49)40-37-34-31-28-26-24-22-20-17-14-11-8-5-2/h10,13,19,21,43H,4-9,11-12,14-18,20,22-42H2,1-3H3/b13-10-,21-19-. The van der Waals surface area contributed by atoms with Gasteiger partial charge in [-0.3, -0.25) is 14.4 Å². The molecule has 6 heteroatoms. The summed E-state index contributed by atoms with van der Waals surface area (Å²) in [7, 11) is 0. The van der Waals surface area contributed by atoms with E-state index in [0.717, 1.165) is 83.5 Å². The Morgan fingerprint density at radius 2 is 0.731 bits per heavy atom. The van der Waals surface area contributed by atoms with Crippen LogP contribution in [-0.2, 0) is 28.6 Å². The second-order valence-corrected chi connectivity index (χ2v) is 15.0. The van der Waals surface area contributed by atoms with Crippen molar-refractivity contribution in [2.45, 2.75) is 239 Å². The van der Waals surface area contributed by atoms with Crippen molar-refractivity contribution >= 4 is 17.9 Å². The van der Waals surface area contributed by atoms with Crippen molar-refractivity contribution in [2.24, 2.45) is 0 Å². The average Bonchev–Trinajstić information content (AvgIpc) is 3.14. The van der Waals surface area contributed by atoms with Gasteiger partial charge in [-0.25, -0.2) is 0 Å². The van der Waals surface area contributed by atoms with Crippen molar-refractivity contribution in [3.8, 4) is 0 Å². The molecular formula is C46H84O6. The third kappa shape index (κ3) is 39.1. The Balaban J connectivity index is 4.34. The predicted molar refractivity (Wildman–Crippen MR) is 219 cm³/mol. The third-order valence-electron chi connectivity index (χ3n) is 9.69. The molecule has 0 aromatic heterocycles. The van der Waals surface area contributed by atoms with Crippen molar-refractivity contribution in [2.75, 3.05) is 13.2 Å². The van der Waals surface area contributed by atoms with Crippen molar-refractivity contribution in [3.63, 3.8) is 0 Å². The van der Waals surface area contributed by atoms with Gasteiger partial charge in [0.2, 0.25) is 0 Å². The SMILES string of the molecule is CCC/C=C\C/C=C\CCCCCCCC(=O)OCC(COC(=O)CCCCCCCCCC)OC(=O)CCCCCCCCCCCCCCC. The van der Waals surface area contributed by atoms with E-state index in [1.165, 1.54) is 109 Å². The number of hydrogen-bond donors (Lipinski definition) is 0. The van der Waals surface area contributed by atoms with E-state index in [0.29, 0.717) is 19.3 Å². The van der Waals surface area contributed by atoms with Gasteiger partial charge >= 0.3 is 17.9 Å². The predicted octanol–water partition coefficient (Wildman–Crippen LogP) is 14.0. The van der Waals surface area contributed by atoms with Gasteiger partial charge in [0.25, 0.3) is 0 Å². The first-order valence-corrected chi connectivity index (χ1v) is 22.3. The second kappa shape index (κ2) is 41.6. The maximum Gasteiger partial charge on any atom is 0.306 e. The zero-order valence-corrected chi connectivity index (χ0v) is 34.6. The molecule has 0 N–H and O–H groups in total. The van der Waals surface area contributed by atoms with Crippen LogP contribution in [0.4, 0.5) is 0 Å². The number of carbonyl (C=O) groups excluding carboxylic acids is 3. The Morgan fingerprint density at radius 3 is 1.13 bits per heavy atom. The molecule has 0 saturated carbocycles. The van der Waals surface area contributed by atoms with E-state index in [2.05, 4.69) is 45.1 Å². The smallest absolute Gasteiger partial charge is 0.306 e. The van der Waals surface area contributed by atoms with Crippen LogP contribution in [0.15, 0.2) is 24.3 Å². The molecule has 0 aliphatic rings. The van der Waals surface area contributed by atoms with E-state index in [1.54, 1.807) is 0 Å². The maximum absolute atomic E-state index is 12.7. The molecule has 1 atom stereocenters. The molecule has 0 aliphatic heterocycles. The normalized spacial score (nSPS) is 12.1. The van der Waals surface area contributed by atoms with E-state index in [-0.39, 0.29) is 31.1 Å². The molecule has 52 heavy (non-hydrogen) atoms. The Morgan fingerprint density at radius 1 is 0.385 bits per heavy atom. The lowest BCUT2D eigenvalue weighted by molar-refractivity contribution is -0.167. The van der Waals surface area contributed by atoms with Gasteiger partial charge in [0.1, 0.15) is 13.2 Å². The first-order valence-electron chi connectivity index (χ1n) is 22.3. The minimum atomic E-state index is -0.767. The summed E-state index contributed by atoms with van der Waals surface area (Å²) in [5.41, 5.74) is 0. The number of ether oxygens (including phenoxy) is 3. The van der Waals surface area contributed by atoms with Crippen LogP contribution in [0.1, 0.15) is 233 Å². The minimum absolute atomic E-state index is 0.0725.